The van der Waals surface area contributed by atoms with Gasteiger partial charge in [0.25, 0.3) is 0 Å². The summed E-state index contributed by atoms with van der Waals surface area (Å²) < 4.78 is 5.32. The van der Waals surface area contributed by atoms with Gasteiger partial charge in [0.15, 0.2) is 0 Å². The maximum atomic E-state index is 5.32. The fourth-order valence-corrected chi connectivity index (χ4v) is 3.17. The van der Waals surface area contributed by atoms with Crippen molar-refractivity contribution in [2.75, 3.05) is 25.1 Å². The number of anilines is 1. The molecule has 0 amide bonds. The number of ether oxygens (including phenoxy) is 1. The topological polar surface area (TPSA) is 37.4 Å². The highest BCUT2D eigenvalue weighted by atomic mass is 16.5. The Bertz CT molecular complexity index is 622. The second-order valence-corrected chi connectivity index (χ2v) is 6.13. The summed E-state index contributed by atoms with van der Waals surface area (Å²) in [5.74, 6) is 2.05. The molecule has 0 unspecified atom stereocenters. The normalized spacial score (nSPS) is 15.7. The molecule has 1 aromatic heterocycles. The van der Waals surface area contributed by atoms with Crippen LogP contribution in [-0.2, 0) is 6.54 Å². The number of hydrogen-bond acceptors (Lipinski definition) is 4. The molecule has 122 valence electrons. The Morgan fingerprint density at radius 1 is 1.22 bits per heavy atom. The van der Waals surface area contributed by atoms with Crippen molar-refractivity contribution in [1.29, 1.82) is 0 Å². The van der Waals surface area contributed by atoms with Crippen LogP contribution in [0.25, 0.3) is 0 Å². The Morgan fingerprint density at radius 2 is 2.04 bits per heavy atom. The number of piperidine rings is 1. The quantitative estimate of drug-likeness (QED) is 0.920. The summed E-state index contributed by atoms with van der Waals surface area (Å²) in [6.45, 7) is 5.14. The van der Waals surface area contributed by atoms with Crippen LogP contribution in [0, 0.1) is 6.92 Å². The van der Waals surface area contributed by atoms with E-state index in [0.29, 0.717) is 6.04 Å². The number of methoxy groups -OCH3 is 1. The third-order valence-electron chi connectivity index (χ3n) is 4.52. The summed E-state index contributed by atoms with van der Waals surface area (Å²) in [7, 11) is 1.72. The van der Waals surface area contributed by atoms with Crippen molar-refractivity contribution in [3.8, 4) is 5.75 Å². The van der Waals surface area contributed by atoms with Gasteiger partial charge < -0.3 is 15.0 Å². The lowest BCUT2D eigenvalue weighted by atomic mass is 10.0. The van der Waals surface area contributed by atoms with Gasteiger partial charge in [0.05, 0.1) is 7.11 Å². The van der Waals surface area contributed by atoms with Gasteiger partial charge in [-0.25, -0.2) is 4.98 Å². The smallest absolute Gasteiger partial charge is 0.128 e. The fourth-order valence-electron chi connectivity index (χ4n) is 3.17. The van der Waals surface area contributed by atoms with Crippen LogP contribution in [0.1, 0.15) is 24.0 Å². The van der Waals surface area contributed by atoms with Crippen molar-refractivity contribution in [3.63, 3.8) is 0 Å². The van der Waals surface area contributed by atoms with Crippen LogP contribution < -0.4 is 15.0 Å². The summed E-state index contributed by atoms with van der Waals surface area (Å²) >= 11 is 0. The Hall–Kier alpha value is -2.07. The lowest BCUT2D eigenvalue weighted by Gasteiger charge is -2.33. The zero-order valence-corrected chi connectivity index (χ0v) is 14.0. The Morgan fingerprint density at radius 3 is 2.70 bits per heavy atom. The van der Waals surface area contributed by atoms with Crippen LogP contribution in [0.3, 0.4) is 0 Å². The van der Waals surface area contributed by atoms with E-state index in [1.54, 1.807) is 7.11 Å². The number of aromatic nitrogens is 1. The molecule has 0 atom stereocenters. The van der Waals surface area contributed by atoms with Crippen LogP contribution >= 0.6 is 0 Å². The molecule has 0 saturated carbocycles. The molecule has 0 bridgehead atoms. The monoisotopic (exact) mass is 311 g/mol. The second kappa shape index (κ2) is 7.47. The summed E-state index contributed by atoms with van der Waals surface area (Å²) in [4.78, 5) is 6.81. The zero-order valence-electron chi connectivity index (χ0n) is 14.0. The molecule has 1 saturated heterocycles. The highest BCUT2D eigenvalue weighted by Gasteiger charge is 2.19. The van der Waals surface area contributed by atoms with E-state index < -0.39 is 0 Å². The van der Waals surface area contributed by atoms with Gasteiger partial charge in [0.1, 0.15) is 11.6 Å². The Balaban J connectivity index is 1.48. The third-order valence-corrected chi connectivity index (χ3v) is 4.52. The van der Waals surface area contributed by atoms with E-state index in [-0.39, 0.29) is 0 Å². The molecule has 0 radical (unpaired) electrons. The molecule has 1 aliphatic heterocycles. The summed E-state index contributed by atoms with van der Waals surface area (Å²) in [5.41, 5.74) is 2.51. The predicted octanol–water partition coefficient (Wildman–Crippen LogP) is 3.16. The van der Waals surface area contributed by atoms with Crippen molar-refractivity contribution in [1.82, 2.24) is 10.3 Å². The summed E-state index contributed by atoms with van der Waals surface area (Å²) in [6, 6.07) is 13.1. The average Bonchev–Trinajstić information content (AvgIpc) is 2.61. The minimum absolute atomic E-state index is 0.581. The summed E-state index contributed by atoms with van der Waals surface area (Å²) in [6.07, 6.45) is 4.18. The zero-order chi connectivity index (χ0) is 16.1. The fraction of sp³-hybridized carbons (Fsp3) is 0.421. The van der Waals surface area contributed by atoms with Gasteiger partial charge in [-0.2, -0.15) is 0 Å². The number of benzene rings is 1. The first-order chi connectivity index (χ1) is 11.3. The number of pyridine rings is 1. The van der Waals surface area contributed by atoms with Gasteiger partial charge in [-0.3, -0.25) is 0 Å². The van der Waals surface area contributed by atoms with Gasteiger partial charge in [-0.1, -0.05) is 18.2 Å². The van der Waals surface area contributed by atoms with E-state index in [1.165, 1.54) is 11.1 Å². The lowest BCUT2D eigenvalue weighted by molar-refractivity contribution is 0.408. The molecule has 3 rings (SSSR count). The minimum Gasteiger partial charge on any atom is -0.496 e. The Kier molecular flexibility index (Phi) is 5.13. The maximum Gasteiger partial charge on any atom is 0.128 e. The van der Waals surface area contributed by atoms with Crippen molar-refractivity contribution in [3.05, 3.63) is 53.7 Å². The van der Waals surface area contributed by atoms with Gasteiger partial charge in [-0.05, 0) is 49.1 Å². The minimum atomic E-state index is 0.581. The van der Waals surface area contributed by atoms with Gasteiger partial charge in [-0.15, -0.1) is 0 Å². The molecule has 2 heterocycles. The van der Waals surface area contributed by atoms with Crippen molar-refractivity contribution in [2.24, 2.45) is 0 Å². The average molecular weight is 311 g/mol. The van der Waals surface area contributed by atoms with Gasteiger partial charge >= 0.3 is 0 Å². The van der Waals surface area contributed by atoms with E-state index in [9.17, 15) is 0 Å². The summed E-state index contributed by atoms with van der Waals surface area (Å²) in [5, 5.41) is 3.69. The third kappa shape index (κ3) is 4.02. The lowest BCUT2D eigenvalue weighted by Crippen LogP contribution is -2.42. The van der Waals surface area contributed by atoms with Gasteiger partial charge in [0, 0.05) is 31.9 Å². The first-order valence-corrected chi connectivity index (χ1v) is 8.29. The standard InChI is InChI=1S/C19H25N3O/c1-15-13-16(6-7-18(15)23-2)14-21-17-8-11-22(12-9-17)19-5-3-4-10-20-19/h3-7,10,13,17,21H,8-9,11-12,14H2,1-2H3. The second-order valence-electron chi connectivity index (χ2n) is 6.13. The Labute approximate surface area is 138 Å². The van der Waals surface area contributed by atoms with Crippen LogP contribution in [0.2, 0.25) is 0 Å². The van der Waals surface area contributed by atoms with Gasteiger partial charge in [0.2, 0.25) is 0 Å². The highest BCUT2D eigenvalue weighted by Crippen LogP contribution is 2.20. The number of rotatable bonds is 5. The molecule has 4 nitrogen and oxygen atoms in total. The van der Waals surface area contributed by atoms with Crippen LogP contribution in [0.5, 0.6) is 5.75 Å². The van der Waals surface area contributed by atoms with E-state index in [1.807, 2.05) is 12.3 Å². The van der Waals surface area contributed by atoms with E-state index >= 15 is 0 Å². The first-order valence-electron chi connectivity index (χ1n) is 8.29. The molecule has 0 aliphatic carbocycles. The largest absolute Gasteiger partial charge is 0.496 e. The van der Waals surface area contributed by atoms with Crippen molar-refractivity contribution < 1.29 is 4.74 Å². The molecule has 1 fully saturated rings. The van der Waals surface area contributed by atoms with E-state index in [0.717, 1.165) is 44.0 Å². The molecule has 2 aromatic rings. The predicted molar refractivity (Wildman–Crippen MR) is 94.0 cm³/mol. The number of aryl methyl sites for hydroxylation is 1. The molecule has 0 spiro atoms. The number of nitrogens with one attached hydrogen (secondary N) is 1. The molecule has 23 heavy (non-hydrogen) atoms. The first kappa shape index (κ1) is 15.8. The number of hydrogen-bond donors (Lipinski definition) is 1. The van der Waals surface area contributed by atoms with Crippen molar-refractivity contribution in [2.45, 2.75) is 32.4 Å². The maximum absolute atomic E-state index is 5.32. The highest BCUT2D eigenvalue weighted by molar-refractivity contribution is 5.38. The molecular formula is C19H25N3O. The SMILES string of the molecule is COc1ccc(CNC2CCN(c3ccccn3)CC2)cc1C. The van der Waals surface area contributed by atoms with E-state index in [4.69, 9.17) is 4.74 Å². The van der Waals surface area contributed by atoms with Crippen molar-refractivity contribution >= 4 is 5.82 Å². The van der Waals surface area contributed by atoms with Crippen LogP contribution in [0.15, 0.2) is 42.6 Å². The van der Waals surface area contributed by atoms with Crippen LogP contribution in [-0.4, -0.2) is 31.2 Å². The molecular weight excluding hydrogens is 286 g/mol. The van der Waals surface area contributed by atoms with E-state index in [2.05, 4.69) is 52.5 Å². The molecule has 1 aromatic carbocycles. The molecule has 1 N–H and O–H groups in total. The molecule has 1 aliphatic rings. The molecule has 4 heteroatoms. The van der Waals surface area contributed by atoms with Crippen LogP contribution in [0.4, 0.5) is 5.82 Å². The number of nitrogens with zero attached hydrogens (tertiary/aromatic N) is 2.